The molecule has 0 fully saturated rings. The van der Waals surface area contributed by atoms with Crippen LogP contribution in [0, 0.1) is 10.1 Å². The Bertz CT molecular complexity index is 897. The third kappa shape index (κ3) is 4.59. The van der Waals surface area contributed by atoms with E-state index in [1.807, 2.05) is 5.43 Å². The fourth-order valence-corrected chi connectivity index (χ4v) is 2.81. The van der Waals surface area contributed by atoms with E-state index in [1.54, 1.807) is 18.2 Å². The number of halogens is 2. The number of carbonyl (C=O) groups excluding carboxylic acids is 3. The molecule has 140 valence electrons. The van der Waals surface area contributed by atoms with E-state index in [0.29, 0.717) is 0 Å². The summed E-state index contributed by atoms with van der Waals surface area (Å²) in [5, 5.41) is 12.5. The SMILES string of the molecule is NNC(=O)[C@H](C(=O)C(=O)Nc1c(Cl)cc([N+](=O)[O-])cc1Cl)c1ccccc1. The van der Waals surface area contributed by atoms with Crippen LogP contribution in [0.3, 0.4) is 0 Å². The second kappa shape index (κ2) is 8.58. The molecule has 4 N–H and O–H groups in total. The summed E-state index contributed by atoms with van der Waals surface area (Å²) in [5.41, 5.74) is 1.51. The Hall–Kier alpha value is -3.01. The third-order valence-electron chi connectivity index (χ3n) is 3.50. The fraction of sp³-hybridized carbons (Fsp3) is 0.0625. The molecular weight excluding hydrogens is 399 g/mol. The second-order valence-corrected chi connectivity index (χ2v) is 6.03. The first-order valence-corrected chi connectivity index (χ1v) is 8.06. The van der Waals surface area contributed by atoms with Crippen molar-refractivity contribution in [3.63, 3.8) is 0 Å². The molecule has 2 amide bonds. The number of rotatable bonds is 6. The molecule has 1 atom stereocenters. The number of nitrogens with one attached hydrogen (secondary N) is 2. The van der Waals surface area contributed by atoms with Crippen LogP contribution < -0.4 is 16.6 Å². The van der Waals surface area contributed by atoms with Gasteiger partial charge in [-0.1, -0.05) is 53.5 Å². The van der Waals surface area contributed by atoms with Crippen molar-refractivity contribution in [3.8, 4) is 0 Å². The fourth-order valence-electron chi connectivity index (χ4n) is 2.24. The van der Waals surface area contributed by atoms with E-state index in [2.05, 4.69) is 5.32 Å². The molecule has 0 aromatic heterocycles. The number of carbonyl (C=O) groups is 3. The quantitative estimate of drug-likeness (QED) is 0.166. The van der Waals surface area contributed by atoms with Crippen molar-refractivity contribution in [2.75, 3.05) is 5.32 Å². The van der Waals surface area contributed by atoms with Gasteiger partial charge in [-0.05, 0) is 5.56 Å². The van der Waals surface area contributed by atoms with Crippen molar-refractivity contribution in [1.29, 1.82) is 0 Å². The highest BCUT2D eigenvalue weighted by Gasteiger charge is 2.33. The molecule has 0 aliphatic carbocycles. The van der Waals surface area contributed by atoms with Crippen molar-refractivity contribution in [2.24, 2.45) is 5.84 Å². The molecule has 0 unspecified atom stereocenters. The molecule has 0 spiro atoms. The topological polar surface area (TPSA) is 144 Å². The van der Waals surface area contributed by atoms with Gasteiger partial charge in [0, 0.05) is 12.1 Å². The predicted molar refractivity (Wildman–Crippen MR) is 98.3 cm³/mol. The van der Waals surface area contributed by atoms with Gasteiger partial charge in [0.25, 0.3) is 11.6 Å². The summed E-state index contributed by atoms with van der Waals surface area (Å²) in [7, 11) is 0. The Morgan fingerprint density at radius 2 is 1.63 bits per heavy atom. The van der Waals surface area contributed by atoms with Crippen LogP contribution in [0.25, 0.3) is 0 Å². The average Bonchev–Trinajstić information content (AvgIpc) is 2.64. The lowest BCUT2D eigenvalue weighted by Crippen LogP contribution is -2.41. The Kier molecular flexibility index (Phi) is 6.45. The van der Waals surface area contributed by atoms with Crippen LogP contribution in [-0.4, -0.2) is 22.5 Å². The summed E-state index contributed by atoms with van der Waals surface area (Å²) in [6.07, 6.45) is 0. The van der Waals surface area contributed by atoms with Crippen molar-refractivity contribution >= 4 is 52.2 Å². The lowest BCUT2D eigenvalue weighted by atomic mass is 9.93. The maximum absolute atomic E-state index is 12.5. The van der Waals surface area contributed by atoms with Crippen LogP contribution >= 0.6 is 23.2 Å². The number of hydrogen-bond donors (Lipinski definition) is 3. The number of amides is 2. The highest BCUT2D eigenvalue weighted by molar-refractivity contribution is 6.48. The number of anilines is 1. The number of benzene rings is 2. The van der Waals surface area contributed by atoms with Gasteiger partial charge in [-0.25, -0.2) is 5.84 Å². The molecule has 2 rings (SSSR count). The summed E-state index contributed by atoms with van der Waals surface area (Å²) in [6.45, 7) is 0. The van der Waals surface area contributed by atoms with E-state index < -0.39 is 28.4 Å². The molecule has 0 heterocycles. The maximum atomic E-state index is 12.5. The molecule has 27 heavy (non-hydrogen) atoms. The molecule has 0 aliphatic heterocycles. The number of ketones is 1. The Labute approximate surface area is 162 Å². The van der Waals surface area contributed by atoms with Crippen LogP contribution in [0.2, 0.25) is 10.0 Å². The van der Waals surface area contributed by atoms with Crippen molar-refractivity contribution in [2.45, 2.75) is 5.92 Å². The van der Waals surface area contributed by atoms with E-state index in [4.69, 9.17) is 29.0 Å². The van der Waals surface area contributed by atoms with E-state index in [1.165, 1.54) is 12.1 Å². The van der Waals surface area contributed by atoms with Gasteiger partial charge in [0.1, 0.15) is 5.92 Å². The normalized spacial score (nSPS) is 11.4. The Morgan fingerprint density at radius 1 is 1.07 bits per heavy atom. The number of hydrogen-bond acceptors (Lipinski definition) is 6. The third-order valence-corrected chi connectivity index (χ3v) is 4.10. The predicted octanol–water partition coefficient (Wildman–Crippen LogP) is 2.18. The first kappa shape index (κ1) is 20.3. The van der Waals surface area contributed by atoms with E-state index >= 15 is 0 Å². The van der Waals surface area contributed by atoms with Crippen LogP contribution in [0.5, 0.6) is 0 Å². The van der Waals surface area contributed by atoms with Crippen LogP contribution in [0.1, 0.15) is 11.5 Å². The molecule has 2 aromatic carbocycles. The number of non-ortho nitro benzene ring substituents is 1. The van der Waals surface area contributed by atoms with Gasteiger partial charge < -0.3 is 5.32 Å². The standard InChI is InChI=1S/C16H12Cl2N4O5/c17-10-6-9(22(26)27)7-11(18)13(10)20-16(25)14(23)12(15(24)21-19)8-4-2-1-3-5-8/h1-7,12H,19H2,(H,20,25)(H,21,24)/t12-/m0/s1. The lowest BCUT2D eigenvalue weighted by molar-refractivity contribution is -0.384. The Balaban J connectivity index is 2.32. The molecule has 0 saturated carbocycles. The van der Waals surface area contributed by atoms with Crippen molar-refractivity contribution in [1.82, 2.24) is 5.43 Å². The minimum atomic E-state index is -1.49. The number of nitro groups is 1. The molecule has 0 radical (unpaired) electrons. The molecule has 0 saturated heterocycles. The summed E-state index contributed by atoms with van der Waals surface area (Å²) in [5.74, 6) is 0.418. The molecule has 0 aliphatic rings. The molecule has 0 bridgehead atoms. The second-order valence-electron chi connectivity index (χ2n) is 5.21. The summed E-state index contributed by atoms with van der Waals surface area (Å²) >= 11 is 11.8. The van der Waals surface area contributed by atoms with Gasteiger partial charge in [0.15, 0.2) is 0 Å². The molecular formula is C16H12Cl2N4O5. The van der Waals surface area contributed by atoms with Crippen molar-refractivity contribution < 1.29 is 19.3 Å². The first-order chi connectivity index (χ1) is 12.8. The summed E-state index contributed by atoms with van der Waals surface area (Å²) < 4.78 is 0. The summed E-state index contributed by atoms with van der Waals surface area (Å²) in [4.78, 5) is 46.9. The molecule has 9 nitrogen and oxygen atoms in total. The largest absolute Gasteiger partial charge is 0.317 e. The maximum Gasteiger partial charge on any atom is 0.293 e. The number of nitro benzene ring substituents is 1. The highest BCUT2D eigenvalue weighted by atomic mass is 35.5. The van der Waals surface area contributed by atoms with Crippen LogP contribution in [0.15, 0.2) is 42.5 Å². The van der Waals surface area contributed by atoms with Crippen molar-refractivity contribution in [3.05, 3.63) is 68.2 Å². The number of nitrogens with zero attached hydrogens (tertiary/aromatic N) is 1. The van der Waals surface area contributed by atoms with Crippen LogP contribution in [-0.2, 0) is 14.4 Å². The minimum absolute atomic E-state index is 0.192. The molecule has 11 heteroatoms. The highest BCUT2D eigenvalue weighted by Crippen LogP contribution is 2.35. The van der Waals surface area contributed by atoms with E-state index in [9.17, 15) is 24.5 Å². The van der Waals surface area contributed by atoms with E-state index in [0.717, 1.165) is 12.1 Å². The van der Waals surface area contributed by atoms with Gasteiger partial charge >= 0.3 is 0 Å². The zero-order valence-corrected chi connectivity index (χ0v) is 15.0. The van der Waals surface area contributed by atoms with Gasteiger partial charge in [-0.3, -0.25) is 29.9 Å². The van der Waals surface area contributed by atoms with Gasteiger partial charge in [-0.15, -0.1) is 0 Å². The summed E-state index contributed by atoms with van der Waals surface area (Å²) in [6, 6.07) is 9.74. The smallest absolute Gasteiger partial charge is 0.293 e. The zero-order valence-electron chi connectivity index (χ0n) is 13.4. The number of nitrogens with two attached hydrogens (primary N) is 1. The van der Waals surface area contributed by atoms with Gasteiger partial charge in [0.05, 0.1) is 20.7 Å². The number of Topliss-reactive ketones (excluding diaryl/α,β-unsaturated/α-hetero) is 1. The van der Waals surface area contributed by atoms with E-state index in [-0.39, 0.29) is 27.0 Å². The van der Waals surface area contributed by atoms with Gasteiger partial charge in [0.2, 0.25) is 11.7 Å². The average molecular weight is 411 g/mol. The lowest BCUT2D eigenvalue weighted by Gasteiger charge is -2.15. The Morgan fingerprint density at radius 3 is 2.11 bits per heavy atom. The zero-order chi connectivity index (χ0) is 20.1. The molecule has 2 aromatic rings. The van der Waals surface area contributed by atoms with Gasteiger partial charge in [-0.2, -0.15) is 0 Å². The monoisotopic (exact) mass is 410 g/mol. The minimum Gasteiger partial charge on any atom is -0.317 e. The van der Waals surface area contributed by atoms with Crippen LogP contribution in [0.4, 0.5) is 11.4 Å². The number of hydrazine groups is 1. The first-order valence-electron chi connectivity index (χ1n) is 7.30.